The van der Waals surface area contributed by atoms with Crippen LogP contribution in [0, 0.1) is 0 Å². The third kappa shape index (κ3) is 5.00. The molecule has 1 amide bonds. The summed E-state index contributed by atoms with van der Waals surface area (Å²) in [5.74, 6) is 0.0462. The van der Waals surface area contributed by atoms with Gasteiger partial charge in [-0.15, -0.1) is 0 Å². The lowest BCUT2D eigenvalue weighted by Crippen LogP contribution is -2.22. The molecule has 3 heteroatoms. The Hall–Kier alpha value is -0.860. The molecule has 52 valence electrons. The number of carbonyl (C=O) groups is 1. The van der Waals surface area contributed by atoms with Gasteiger partial charge in [-0.3, -0.25) is 4.79 Å². The lowest BCUT2D eigenvalue weighted by atomic mass is 10.4. The minimum Gasteiger partial charge on any atom is -0.356 e. The molecule has 0 spiro atoms. The second kappa shape index (κ2) is 5.28. The van der Waals surface area contributed by atoms with Crippen molar-refractivity contribution in [1.82, 2.24) is 5.32 Å². The molecule has 0 atom stereocenters. The average Bonchev–Trinajstić information content (AvgIpc) is 1.85. The van der Waals surface area contributed by atoms with Gasteiger partial charge < -0.3 is 10.3 Å². The summed E-state index contributed by atoms with van der Waals surface area (Å²) < 4.78 is 0. The summed E-state index contributed by atoms with van der Waals surface area (Å²) in [4.78, 5) is 14.2. The number of nitrogens with zero attached hydrogens (tertiary/aromatic N) is 1. The van der Waals surface area contributed by atoms with Crippen LogP contribution in [0.4, 0.5) is 0 Å². The van der Waals surface area contributed by atoms with Gasteiger partial charge in [0.1, 0.15) is 0 Å². The fraction of sp³-hybridized carbons (Fsp3) is 0.667. The molecule has 0 saturated heterocycles. The van der Waals surface area contributed by atoms with E-state index in [1.54, 1.807) is 0 Å². The standard InChI is InChI=1S/C6H12N2O/c1-3-8-6(9)4-5-7-2/h2-5H2,1H3,(H,8,9). The van der Waals surface area contributed by atoms with Gasteiger partial charge in [-0.1, -0.05) is 0 Å². The summed E-state index contributed by atoms with van der Waals surface area (Å²) in [5, 5.41) is 2.65. The number of nitrogens with one attached hydrogen (secondary N) is 1. The van der Waals surface area contributed by atoms with Gasteiger partial charge in [0.2, 0.25) is 5.91 Å². The molecule has 0 unspecified atom stereocenters. The van der Waals surface area contributed by atoms with E-state index in [4.69, 9.17) is 0 Å². The van der Waals surface area contributed by atoms with Crippen molar-refractivity contribution in [2.45, 2.75) is 13.3 Å². The lowest BCUT2D eigenvalue weighted by molar-refractivity contribution is -0.120. The second-order valence-electron chi connectivity index (χ2n) is 1.65. The first-order valence-electron chi connectivity index (χ1n) is 3.00. The van der Waals surface area contributed by atoms with Crippen LogP contribution in [0.25, 0.3) is 0 Å². The Morgan fingerprint density at radius 3 is 2.89 bits per heavy atom. The normalized spacial score (nSPS) is 8.56. The van der Waals surface area contributed by atoms with Crippen molar-refractivity contribution in [3.63, 3.8) is 0 Å². The van der Waals surface area contributed by atoms with Crippen molar-refractivity contribution in [1.29, 1.82) is 0 Å². The summed E-state index contributed by atoms with van der Waals surface area (Å²) >= 11 is 0. The fourth-order valence-corrected chi connectivity index (χ4v) is 0.466. The van der Waals surface area contributed by atoms with E-state index in [0.29, 0.717) is 19.5 Å². The number of aliphatic imine (C=N–C) groups is 1. The van der Waals surface area contributed by atoms with Gasteiger partial charge >= 0.3 is 0 Å². The SMILES string of the molecule is C=NCCC(=O)NCC. The first-order chi connectivity index (χ1) is 4.31. The van der Waals surface area contributed by atoms with Crippen LogP contribution < -0.4 is 5.32 Å². The monoisotopic (exact) mass is 128 g/mol. The van der Waals surface area contributed by atoms with Crippen LogP contribution in [0.1, 0.15) is 13.3 Å². The Labute approximate surface area is 55.2 Å². The number of rotatable bonds is 4. The summed E-state index contributed by atoms with van der Waals surface area (Å²) in [7, 11) is 0. The van der Waals surface area contributed by atoms with Crippen LogP contribution in [0.2, 0.25) is 0 Å². The molecular formula is C6H12N2O. The Balaban J connectivity index is 3.16. The Kier molecular flexibility index (Phi) is 4.78. The first kappa shape index (κ1) is 8.14. The quantitative estimate of drug-likeness (QED) is 0.540. The predicted molar refractivity (Wildman–Crippen MR) is 37.7 cm³/mol. The third-order valence-corrected chi connectivity index (χ3v) is 0.871. The van der Waals surface area contributed by atoms with Gasteiger partial charge in [-0.25, -0.2) is 0 Å². The first-order valence-corrected chi connectivity index (χ1v) is 3.00. The lowest BCUT2D eigenvalue weighted by Gasteiger charge is -1.96. The predicted octanol–water partition coefficient (Wildman–Crippen LogP) is 0.213. The van der Waals surface area contributed by atoms with E-state index in [1.165, 1.54) is 0 Å². The Morgan fingerprint density at radius 2 is 2.44 bits per heavy atom. The third-order valence-electron chi connectivity index (χ3n) is 0.871. The highest BCUT2D eigenvalue weighted by molar-refractivity contribution is 5.76. The van der Waals surface area contributed by atoms with Crippen molar-refractivity contribution < 1.29 is 4.79 Å². The topological polar surface area (TPSA) is 41.5 Å². The zero-order chi connectivity index (χ0) is 7.11. The molecule has 9 heavy (non-hydrogen) atoms. The van der Waals surface area contributed by atoms with E-state index in [0.717, 1.165) is 0 Å². The molecule has 0 aromatic heterocycles. The summed E-state index contributed by atoms with van der Waals surface area (Å²) in [6.07, 6.45) is 0.456. The molecule has 0 aliphatic rings. The number of hydrogen-bond donors (Lipinski definition) is 1. The molecule has 0 aliphatic carbocycles. The van der Waals surface area contributed by atoms with Crippen molar-refractivity contribution in [3.8, 4) is 0 Å². The fourth-order valence-electron chi connectivity index (χ4n) is 0.466. The Morgan fingerprint density at radius 1 is 1.78 bits per heavy atom. The van der Waals surface area contributed by atoms with Gasteiger partial charge in [0.15, 0.2) is 0 Å². The highest BCUT2D eigenvalue weighted by Gasteiger charge is 1.94. The number of hydrogen-bond acceptors (Lipinski definition) is 2. The zero-order valence-corrected chi connectivity index (χ0v) is 5.68. The minimum atomic E-state index is 0.0462. The molecule has 0 fully saturated rings. The zero-order valence-electron chi connectivity index (χ0n) is 5.68. The maximum Gasteiger partial charge on any atom is 0.221 e. The van der Waals surface area contributed by atoms with Crippen LogP contribution in [-0.4, -0.2) is 25.7 Å². The molecule has 0 aliphatic heterocycles. The highest BCUT2D eigenvalue weighted by atomic mass is 16.1. The van der Waals surface area contributed by atoms with Crippen LogP contribution in [-0.2, 0) is 4.79 Å². The van der Waals surface area contributed by atoms with Gasteiger partial charge in [0.25, 0.3) is 0 Å². The molecule has 1 N–H and O–H groups in total. The molecule has 0 radical (unpaired) electrons. The smallest absolute Gasteiger partial charge is 0.221 e. The molecule has 0 aromatic carbocycles. The molecule has 3 nitrogen and oxygen atoms in total. The van der Waals surface area contributed by atoms with Gasteiger partial charge in [0, 0.05) is 19.5 Å². The molecule has 0 rings (SSSR count). The summed E-state index contributed by atoms with van der Waals surface area (Å²) in [6.45, 7) is 6.36. The van der Waals surface area contributed by atoms with Crippen molar-refractivity contribution in [2.24, 2.45) is 4.99 Å². The van der Waals surface area contributed by atoms with E-state index in [-0.39, 0.29) is 5.91 Å². The Bertz CT molecular complexity index is 101. The highest BCUT2D eigenvalue weighted by Crippen LogP contribution is 1.78. The van der Waals surface area contributed by atoms with Gasteiger partial charge in [-0.2, -0.15) is 0 Å². The second-order valence-corrected chi connectivity index (χ2v) is 1.65. The van der Waals surface area contributed by atoms with Crippen molar-refractivity contribution in [2.75, 3.05) is 13.1 Å². The maximum absolute atomic E-state index is 10.6. The maximum atomic E-state index is 10.6. The van der Waals surface area contributed by atoms with Gasteiger partial charge in [0.05, 0.1) is 0 Å². The summed E-state index contributed by atoms with van der Waals surface area (Å²) in [5.41, 5.74) is 0. The van der Waals surface area contributed by atoms with E-state index < -0.39 is 0 Å². The molecule has 0 bridgehead atoms. The van der Waals surface area contributed by atoms with Crippen LogP contribution in [0.5, 0.6) is 0 Å². The number of amides is 1. The van der Waals surface area contributed by atoms with E-state index >= 15 is 0 Å². The van der Waals surface area contributed by atoms with E-state index in [2.05, 4.69) is 17.0 Å². The van der Waals surface area contributed by atoms with Gasteiger partial charge in [-0.05, 0) is 13.6 Å². The van der Waals surface area contributed by atoms with E-state index in [1.807, 2.05) is 6.92 Å². The average molecular weight is 128 g/mol. The van der Waals surface area contributed by atoms with Crippen molar-refractivity contribution >= 4 is 12.6 Å². The van der Waals surface area contributed by atoms with Crippen molar-refractivity contribution in [3.05, 3.63) is 0 Å². The molecule has 0 aromatic rings. The van der Waals surface area contributed by atoms with E-state index in [9.17, 15) is 4.79 Å². The van der Waals surface area contributed by atoms with Crippen LogP contribution >= 0.6 is 0 Å². The summed E-state index contributed by atoms with van der Waals surface area (Å²) in [6, 6.07) is 0. The molecular weight excluding hydrogens is 116 g/mol. The number of carbonyl (C=O) groups excluding carboxylic acids is 1. The molecule has 0 heterocycles. The minimum absolute atomic E-state index is 0.0462. The largest absolute Gasteiger partial charge is 0.356 e. The van der Waals surface area contributed by atoms with Crippen LogP contribution in [0.15, 0.2) is 4.99 Å². The van der Waals surface area contributed by atoms with Crippen LogP contribution in [0.3, 0.4) is 0 Å². The molecule has 0 saturated carbocycles.